The summed E-state index contributed by atoms with van der Waals surface area (Å²) < 4.78 is 31.2. The van der Waals surface area contributed by atoms with Crippen LogP contribution in [-0.4, -0.2) is 79.3 Å². The Balaban J connectivity index is 1.30. The molecule has 0 bridgehead atoms. The minimum atomic E-state index is -0.555. The van der Waals surface area contributed by atoms with E-state index in [0.717, 1.165) is 53.2 Å². The topological polar surface area (TPSA) is 84.3 Å². The molecule has 0 saturated carbocycles. The van der Waals surface area contributed by atoms with Gasteiger partial charge in [-0.2, -0.15) is 5.10 Å². The van der Waals surface area contributed by atoms with Gasteiger partial charge in [-0.3, -0.25) is 0 Å². The summed E-state index contributed by atoms with van der Waals surface area (Å²) in [6.07, 6.45) is 10.1. The average molecular weight is 643 g/mol. The van der Waals surface area contributed by atoms with E-state index in [1.165, 1.54) is 0 Å². The number of benzene rings is 1. The first-order valence-electron chi connectivity index (χ1n) is 13.9. The first-order chi connectivity index (χ1) is 19.2. The van der Waals surface area contributed by atoms with Crippen molar-refractivity contribution in [1.29, 1.82) is 0 Å². The molecule has 2 aliphatic heterocycles. The van der Waals surface area contributed by atoms with Crippen LogP contribution in [-0.2, 0) is 30.1 Å². The standard InChI is InChI=1S/C29H41BrClN3O6/c1-29(2,3)40-28(35)33-16-20(13-21(17-33)39-19-36-4)18-37-11-7-5-9-22-24(31)14-25-23(27(22)30)15-32-34(25)26-10-6-8-12-38-26/h5,7,14-15,20-21,26H,6,8-13,16-19H2,1-4H3/b7-5+/t20-,21+,26?/m1/s1. The number of amides is 1. The van der Waals surface area contributed by atoms with Gasteiger partial charge in [0.15, 0.2) is 6.23 Å². The van der Waals surface area contributed by atoms with Gasteiger partial charge in [0.05, 0.1) is 37.6 Å². The van der Waals surface area contributed by atoms with E-state index in [0.29, 0.717) is 37.7 Å². The van der Waals surface area contributed by atoms with Gasteiger partial charge in [0, 0.05) is 41.1 Å². The monoisotopic (exact) mass is 641 g/mol. The summed E-state index contributed by atoms with van der Waals surface area (Å²) in [6, 6.07) is 1.98. The van der Waals surface area contributed by atoms with Crippen LogP contribution in [0.4, 0.5) is 4.79 Å². The van der Waals surface area contributed by atoms with Gasteiger partial charge in [-0.05, 0) is 80.4 Å². The molecule has 1 aromatic heterocycles. The third kappa shape index (κ3) is 8.42. The van der Waals surface area contributed by atoms with E-state index in [1.807, 2.05) is 43.8 Å². The van der Waals surface area contributed by atoms with E-state index in [4.69, 9.17) is 35.3 Å². The molecule has 222 valence electrons. The zero-order chi connectivity index (χ0) is 28.7. The van der Waals surface area contributed by atoms with E-state index < -0.39 is 5.60 Å². The quantitative estimate of drug-likeness (QED) is 0.166. The number of allylic oxidation sites excluding steroid dienone is 1. The van der Waals surface area contributed by atoms with Gasteiger partial charge in [0.1, 0.15) is 12.4 Å². The SMILES string of the molecule is COCO[C@H]1C[C@@H](COC/C=C/Cc2c(Cl)cc3c(cnn3C3CCCCO3)c2Br)CN(C(=O)OC(C)(C)C)C1. The second kappa shape index (κ2) is 14.5. The van der Waals surface area contributed by atoms with E-state index >= 15 is 0 Å². The van der Waals surface area contributed by atoms with Crippen molar-refractivity contribution in [2.45, 2.75) is 70.8 Å². The summed E-state index contributed by atoms with van der Waals surface area (Å²) in [5.74, 6) is 0.132. The van der Waals surface area contributed by atoms with Crippen molar-refractivity contribution in [3.63, 3.8) is 0 Å². The predicted molar refractivity (Wildman–Crippen MR) is 158 cm³/mol. The van der Waals surface area contributed by atoms with Crippen molar-refractivity contribution in [2.75, 3.05) is 46.8 Å². The molecule has 4 rings (SSSR count). The summed E-state index contributed by atoms with van der Waals surface area (Å²) in [4.78, 5) is 14.4. The van der Waals surface area contributed by atoms with Crippen LogP contribution in [0.1, 0.15) is 58.2 Å². The molecular formula is C29H41BrClN3O6. The Kier molecular flexibility index (Phi) is 11.3. The number of rotatable bonds is 10. The van der Waals surface area contributed by atoms with Gasteiger partial charge in [-0.15, -0.1) is 0 Å². The third-order valence-corrected chi connectivity index (χ3v) is 8.19. The fourth-order valence-corrected chi connectivity index (χ4v) is 6.17. The molecule has 0 radical (unpaired) electrons. The van der Waals surface area contributed by atoms with Gasteiger partial charge in [0.2, 0.25) is 0 Å². The maximum Gasteiger partial charge on any atom is 0.410 e. The van der Waals surface area contributed by atoms with E-state index in [2.05, 4.69) is 27.1 Å². The Morgan fingerprint density at radius 2 is 2.10 bits per heavy atom. The molecule has 0 N–H and O–H groups in total. The molecule has 2 aromatic rings. The van der Waals surface area contributed by atoms with Crippen LogP contribution < -0.4 is 0 Å². The van der Waals surface area contributed by atoms with Crippen molar-refractivity contribution in [2.24, 2.45) is 5.92 Å². The summed E-state index contributed by atoms with van der Waals surface area (Å²) in [6.45, 7) is 8.54. The van der Waals surface area contributed by atoms with E-state index in [1.54, 1.807) is 12.0 Å². The number of methoxy groups -OCH3 is 1. The lowest BCUT2D eigenvalue weighted by Gasteiger charge is -2.38. The van der Waals surface area contributed by atoms with Crippen molar-refractivity contribution in [1.82, 2.24) is 14.7 Å². The summed E-state index contributed by atoms with van der Waals surface area (Å²) in [5, 5.41) is 6.31. The molecule has 2 aliphatic rings. The molecular weight excluding hydrogens is 602 g/mol. The zero-order valence-electron chi connectivity index (χ0n) is 23.9. The highest BCUT2D eigenvalue weighted by molar-refractivity contribution is 9.10. The number of hydrogen-bond donors (Lipinski definition) is 0. The molecule has 1 unspecified atom stereocenters. The second-order valence-corrected chi connectivity index (χ2v) is 12.6. The molecule has 0 spiro atoms. The Bertz CT molecular complexity index is 1160. The number of aromatic nitrogens is 2. The fourth-order valence-electron chi connectivity index (χ4n) is 5.10. The highest BCUT2D eigenvalue weighted by Crippen LogP contribution is 2.36. The minimum Gasteiger partial charge on any atom is -0.444 e. The zero-order valence-corrected chi connectivity index (χ0v) is 26.2. The van der Waals surface area contributed by atoms with Crippen LogP contribution in [0, 0.1) is 5.92 Å². The molecule has 3 atom stereocenters. The lowest BCUT2D eigenvalue weighted by molar-refractivity contribution is -0.105. The minimum absolute atomic E-state index is 0.0423. The van der Waals surface area contributed by atoms with Gasteiger partial charge in [0.25, 0.3) is 0 Å². The Labute approximate surface area is 250 Å². The molecule has 0 aliphatic carbocycles. The second-order valence-electron chi connectivity index (χ2n) is 11.4. The first kappa shape index (κ1) is 31.3. The number of ether oxygens (including phenoxy) is 5. The summed E-state index contributed by atoms with van der Waals surface area (Å²) in [7, 11) is 1.59. The molecule has 9 nitrogen and oxygen atoms in total. The molecule has 2 saturated heterocycles. The number of carbonyl (C=O) groups excluding carboxylic acids is 1. The van der Waals surface area contributed by atoms with E-state index in [9.17, 15) is 4.79 Å². The normalized spacial score (nSPS) is 22.4. The Morgan fingerprint density at radius 3 is 2.83 bits per heavy atom. The van der Waals surface area contributed by atoms with Crippen LogP contribution in [0.25, 0.3) is 10.9 Å². The van der Waals surface area contributed by atoms with Crippen molar-refractivity contribution in [3.8, 4) is 0 Å². The predicted octanol–water partition coefficient (Wildman–Crippen LogP) is 6.51. The highest BCUT2D eigenvalue weighted by atomic mass is 79.9. The molecule has 40 heavy (non-hydrogen) atoms. The summed E-state index contributed by atoms with van der Waals surface area (Å²) in [5.41, 5.74) is 1.43. The third-order valence-electron chi connectivity index (χ3n) is 6.94. The van der Waals surface area contributed by atoms with Crippen LogP contribution >= 0.6 is 27.5 Å². The van der Waals surface area contributed by atoms with E-state index in [-0.39, 0.29) is 31.1 Å². The molecule has 11 heteroatoms. The maximum atomic E-state index is 12.7. The van der Waals surface area contributed by atoms with Gasteiger partial charge < -0.3 is 28.6 Å². The number of nitrogens with zero attached hydrogens (tertiary/aromatic N) is 3. The van der Waals surface area contributed by atoms with Crippen molar-refractivity contribution >= 4 is 44.5 Å². The maximum absolute atomic E-state index is 12.7. The van der Waals surface area contributed by atoms with Crippen molar-refractivity contribution < 1.29 is 28.5 Å². The molecule has 3 heterocycles. The van der Waals surface area contributed by atoms with Crippen LogP contribution in [0.2, 0.25) is 5.02 Å². The number of carbonyl (C=O) groups is 1. The number of hydrogen-bond acceptors (Lipinski definition) is 7. The lowest BCUT2D eigenvalue weighted by Crippen LogP contribution is -2.49. The van der Waals surface area contributed by atoms with Gasteiger partial charge >= 0.3 is 6.09 Å². The number of halogens is 2. The van der Waals surface area contributed by atoms with Crippen LogP contribution in [0.3, 0.4) is 0 Å². The molecule has 1 aromatic carbocycles. The first-order valence-corrected chi connectivity index (χ1v) is 15.1. The largest absolute Gasteiger partial charge is 0.444 e. The molecule has 1 amide bonds. The molecule has 2 fully saturated rings. The Morgan fingerprint density at radius 1 is 1.27 bits per heavy atom. The number of fused-ring (bicyclic) bond motifs is 1. The Hall–Kier alpha value is -1.69. The lowest BCUT2D eigenvalue weighted by atomic mass is 9.97. The van der Waals surface area contributed by atoms with Crippen LogP contribution in [0.15, 0.2) is 28.9 Å². The fraction of sp³-hybridized carbons (Fsp3) is 0.655. The van der Waals surface area contributed by atoms with Gasteiger partial charge in [-0.1, -0.05) is 23.8 Å². The van der Waals surface area contributed by atoms with Gasteiger partial charge in [-0.25, -0.2) is 9.48 Å². The van der Waals surface area contributed by atoms with Crippen LogP contribution in [0.5, 0.6) is 0 Å². The highest BCUT2D eigenvalue weighted by Gasteiger charge is 2.33. The number of piperidine rings is 1. The average Bonchev–Trinajstić information content (AvgIpc) is 3.34. The number of likely N-dealkylation sites (tertiary alicyclic amines) is 1. The summed E-state index contributed by atoms with van der Waals surface area (Å²) >= 11 is 10.5. The smallest absolute Gasteiger partial charge is 0.410 e. The van der Waals surface area contributed by atoms with Crippen molar-refractivity contribution in [3.05, 3.63) is 39.5 Å².